The number of rotatable bonds is 4. The SMILES string of the molecule is NC(=O)c1cc(OCc2ccco2)ccc1N. The Morgan fingerprint density at radius 1 is 1.35 bits per heavy atom. The molecule has 1 aromatic heterocycles. The lowest BCUT2D eigenvalue weighted by Gasteiger charge is -2.07. The quantitative estimate of drug-likeness (QED) is 0.782. The molecule has 4 N–H and O–H groups in total. The first kappa shape index (κ1) is 11.1. The van der Waals surface area contributed by atoms with E-state index in [4.69, 9.17) is 20.6 Å². The van der Waals surface area contributed by atoms with E-state index in [-0.39, 0.29) is 12.2 Å². The molecule has 0 fully saturated rings. The van der Waals surface area contributed by atoms with Gasteiger partial charge in [0.15, 0.2) is 0 Å². The van der Waals surface area contributed by atoms with Gasteiger partial charge >= 0.3 is 0 Å². The van der Waals surface area contributed by atoms with Gasteiger partial charge in [0.2, 0.25) is 0 Å². The number of nitrogen functional groups attached to an aromatic ring is 1. The minimum absolute atomic E-state index is 0.252. The molecule has 0 atom stereocenters. The van der Waals surface area contributed by atoms with Crippen LogP contribution in [0.3, 0.4) is 0 Å². The summed E-state index contributed by atoms with van der Waals surface area (Å²) < 4.78 is 10.6. The molecule has 0 aliphatic carbocycles. The van der Waals surface area contributed by atoms with Crippen molar-refractivity contribution in [2.24, 2.45) is 5.73 Å². The number of amides is 1. The predicted octanol–water partition coefficient (Wildman–Crippen LogP) is 1.54. The van der Waals surface area contributed by atoms with Crippen LogP contribution in [0.2, 0.25) is 0 Å². The van der Waals surface area contributed by atoms with Crippen LogP contribution in [-0.4, -0.2) is 5.91 Å². The molecule has 0 bridgehead atoms. The number of hydrogen-bond acceptors (Lipinski definition) is 4. The minimum Gasteiger partial charge on any atom is -0.486 e. The highest BCUT2D eigenvalue weighted by Crippen LogP contribution is 2.20. The minimum atomic E-state index is -0.578. The van der Waals surface area contributed by atoms with Crippen molar-refractivity contribution in [3.05, 3.63) is 47.9 Å². The number of nitrogens with two attached hydrogens (primary N) is 2. The van der Waals surface area contributed by atoms with E-state index in [1.54, 1.807) is 30.5 Å². The summed E-state index contributed by atoms with van der Waals surface area (Å²) in [6.45, 7) is 0.287. The van der Waals surface area contributed by atoms with Gasteiger partial charge in [-0.15, -0.1) is 0 Å². The average Bonchev–Trinajstić information content (AvgIpc) is 2.80. The van der Waals surface area contributed by atoms with Gasteiger partial charge in [0.05, 0.1) is 11.8 Å². The van der Waals surface area contributed by atoms with Gasteiger partial charge in [0.1, 0.15) is 18.1 Å². The van der Waals surface area contributed by atoms with Crippen LogP contribution in [-0.2, 0) is 6.61 Å². The molecule has 0 saturated heterocycles. The lowest BCUT2D eigenvalue weighted by molar-refractivity contribution is 0.100. The van der Waals surface area contributed by atoms with E-state index in [1.165, 1.54) is 6.07 Å². The first-order chi connectivity index (χ1) is 8.16. The lowest BCUT2D eigenvalue weighted by Crippen LogP contribution is -2.13. The highest BCUT2D eigenvalue weighted by Gasteiger charge is 2.07. The van der Waals surface area contributed by atoms with E-state index in [0.29, 0.717) is 17.2 Å². The Balaban J connectivity index is 2.11. The molecule has 0 unspecified atom stereocenters. The maximum Gasteiger partial charge on any atom is 0.250 e. The zero-order chi connectivity index (χ0) is 12.3. The molecular weight excluding hydrogens is 220 g/mol. The molecule has 0 saturated carbocycles. The van der Waals surface area contributed by atoms with Gasteiger partial charge in [-0.25, -0.2) is 0 Å². The molecule has 17 heavy (non-hydrogen) atoms. The fraction of sp³-hybridized carbons (Fsp3) is 0.0833. The molecule has 2 rings (SSSR count). The number of carbonyl (C=O) groups is 1. The number of anilines is 1. The fourth-order valence-electron chi connectivity index (χ4n) is 1.39. The smallest absolute Gasteiger partial charge is 0.250 e. The zero-order valence-electron chi connectivity index (χ0n) is 9.05. The molecule has 88 valence electrons. The van der Waals surface area contributed by atoms with Crippen molar-refractivity contribution in [2.75, 3.05) is 5.73 Å². The van der Waals surface area contributed by atoms with Crippen molar-refractivity contribution in [3.63, 3.8) is 0 Å². The zero-order valence-corrected chi connectivity index (χ0v) is 9.05. The Kier molecular flexibility index (Phi) is 3.00. The summed E-state index contributed by atoms with van der Waals surface area (Å²) in [5, 5.41) is 0. The largest absolute Gasteiger partial charge is 0.486 e. The topological polar surface area (TPSA) is 91.5 Å². The van der Waals surface area contributed by atoms with E-state index in [0.717, 1.165) is 0 Å². The van der Waals surface area contributed by atoms with Gasteiger partial charge < -0.3 is 20.6 Å². The van der Waals surface area contributed by atoms with Crippen LogP contribution < -0.4 is 16.2 Å². The summed E-state index contributed by atoms with van der Waals surface area (Å²) in [7, 11) is 0. The second-order valence-corrected chi connectivity index (χ2v) is 3.48. The molecule has 0 radical (unpaired) electrons. The Morgan fingerprint density at radius 2 is 2.18 bits per heavy atom. The molecule has 1 amide bonds. The maximum atomic E-state index is 11.1. The van der Waals surface area contributed by atoms with E-state index >= 15 is 0 Å². The summed E-state index contributed by atoms with van der Waals surface area (Å²) in [5.74, 6) is 0.637. The van der Waals surface area contributed by atoms with Crippen molar-refractivity contribution >= 4 is 11.6 Å². The third-order valence-corrected chi connectivity index (χ3v) is 2.25. The Morgan fingerprint density at radius 3 is 2.82 bits per heavy atom. The van der Waals surface area contributed by atoms with E-state index in [9.17, 15) is 4.79 Å². The van der Waals surface area contributed by atoms with Crippen LogP contribution in [0, 0.1) is 0 Å². The van der Waals surface area contributed by atoms with Crippen LogP contribution >= 0.6 is 0 Å². The molecule has 5 nitrogen and oxygen atoms in total. The van der Waals surface area contributed by atoms with Crippen molar-refractivity contribution < 1.29 is 13.9 Å². The molecular formula is C12H12N2O3. The summed E-state index contributed by atoms with van der Waals surface area (Å²) >= 11 is 0. The molecule has 2 aromatic rings. The fourth-order valence-corrected chi connectivity index (χ4v) is 1.39. The number of carbonyl (C=O) groups excluding carboxylic acids is 1. The second-order valence-electron chi connectivity index (χ2n) is 3.48. The number of primary amides is 1. The second kappa shape index (κ2) is 4.61. The van der Waals surface area contributed by atoms with Gasteiger partial charge in [-0.2, -0.15) is 0 Å². The molecule has 0 spiro atoms. The van der Waals surface area contributed by atoms with E-state index in [2.05, 4.69) is 0 Å². The van der Waals surface area contributed by atoms with Crippen LogP contribution in [0.1, 0.15) is 16.1 Å². The standard InChI is InChI=1S/C12H12N2O3/c13-11-4-3-8(6-10(11)12(14)15)17-7-9-2-1-5-16-9/h1-6H,7,13H2,(H2,14,15). The summed E-state index contributed by atoms with van der Waals surface area (Å²) in [5.41, 5.74) is 11.4. The van der Waals surface area contributed by atoms with Crippen molar-refractivity contribution in [1.29, 1.82) is 0 Å². The molecule has 5 heteroatoms. The molecule has 0 aliphatic rings. The summed E-state index contributed by atoms with van der Waals surface area (Å²) in [6.07, 6.45) is 1.57. The van der Waals surface area contributed by atoms with Gasteiger partial charge in [0.25, 0.3) is 5.91 Å². The normalized spacial score (nSPS) is 10.1. The highest BCUT2D eigenvalue weighted by atomic mass is 16.5. The molecule has 1 heterocycles. The van der Waals surface area contributed by atoms with Crippen LogP contribution in [0.4, 0.5) is 5.69 Å². The van der Waals surface area contributed by atoms with Gasteiger partial charge in [0, 0.05) is 5.69 Å². The summed E-state index contributed by atoms with van der Waals surface area (Å²) in [4.78, 5) is 11.1. The van der Waals surface area contributed by atoms with Crippen LogP contribution in [0.15, 0.2) is 41.0 Å². The Hall–Kier alpha value is -2.43. The van der Waals surface area contributed by atoms with Gasteiger partial charge in [-0.1, -0.05) is 0 Å². The molecule has 1 aromatic carbocycles. The lowest BCUT2D eigenvalue weighted by atomic mass is 10.1. The number of hydrogen-bond donors (Lipinski definition) is 2. The monoisotopic (exact) mass is 232 g/mol. The first-order valence-corrected chi connectivity index (χ1v) is 5.01. The van der Waals surface area contributed by atoms with E-state index in [1.807, 2.05) is 0 Å². The van der Waals surface area contributed by atoms with Gasteiger partial charge in [-0.3, -0.25) is 4.79 Å². The first-order valence-electron chi connectivity index (χ1n) is 5.01. The number of furan rings is 1. The predicted molar refractivity (Wildman–Crippen MR) is 62.4 cm³/mol. The average molecular weight is 232 g/mol. The Labute approximate surface area is 98.0 Å². The van der Waals surface area contributed by atoms with Crippen molar-refractivity contribution in [3.8, 4) is 5.75 Å². The van der Waals surface area contributed by atoms with E-state index < -0.39 is 5.91 Å². The highest BCUT2D eigenvalue weighted by molar-refractivity contribution is 5.98. The number of benzene rings is 1. The molecule has 0 aliphatic heterocycles. The number of ether oxygens (including phenoxy) is 1. The van der Waals surface area contributed by atoms with Gasteiger partial charge in [-0.05, 0) is 30.3 Å². The van der Waals surface area contributed by atoms with Crippen LogP contribution in [0.25, 0.3) is 0 Å². The Bertz CT molecular complexity index is 521. The van der Waals surface area contributed by atoms with Crippen LogP contribution in [0.5, 0.6) is 5.75 Å². The van der Waals surface area contributed by atoms with Crippen molar-refractivity contribution in [2.45, 2.75) is 6.61 Å². The third kappa shape index (κ3) is 2.57. The third-order valence-electron chi connectivity index (χ3n) is 2.25. The maximum absolute atomic E-state index is 11.1. The van der Waals surface area contributed by atoms with Crippen molar-refractivity contribution in [1.82, 2.24) is 0 Å². The summed E-state index contributed by atoms with van der Waals surface area (Å²) in [6, 6.07) is 8.34.